The van der Waals surface area contributed by atoms with Gasteiger partial charge in [-0.3, -0.25) is 0 Å². The van der Waals surface area contributed by atoms with Gasteiger partial charge in [0.05, 0.1) is 0 Å². The summed E-state index contributed by atoms with van der Waals surface area (Å²) in [5.41, 5.74) is 0. The first-order chi connectivity index (χ1) is 5.43. The van der Waals surface area contributed by atoms with Crippen molar-refractivity contribution >= 4 is 0 Å². The zero-order valence-corrected chi connectivity index (χ0v) is 8.59. The number of hydrogen-bond donors (Lipinski definition) is 0. The third-order valence-corrected chi connectivity index (χ3v) is 1.30. The van der Waals surface area contributed by atoms with Gasteiger partial charge in [-0.15, -0.1) is 0 Å². The van der Waals surface area contributed by atoms with Crippen molar-refractivity contribution in [3.63, 3.8) is 0 Å². The first-order valence-corrected chi connectivity index (χ1v) is 4.78. The molecule has 0 amide bonds. The van der Waals surface area contributed by atoms with E-state index < -0.39 is 0 Å². The number of rotatable bonds is 1. The van der Waals surface area contributed by atoms with Crippen LogP contribution >= 0.6 is 0 Å². The minimum absolute atomic E-state index is 0.736. The zero-order chi connectivity index (χ0) is 9.11. The van der Waals surface area contributed by atoms with Crippen LogP contribution in [0.4, 0.5) is 0 Å². The average Bonchev–Trinajstić information content (AvgIpc) is 2.63. The first kappa shape index (κ1) is 13.1. The van der Waals surface area contributed by atoms with Crippen molar-refractivity contribution in [3.05, 3.63) is 24.3 Å². The van der Waals surface area contributed by atoms with Gasteiger partial charge in [-0.05, 0) is 12.3 Å². The molecule has 1 aliphatic rings. The number of allylic oxidation sites excluding steroid dienone is 4. The molecule has 0 spiro atoms. The summed E-state index contributed by atoms with van der Waals surface area (Å²) in [6.45, 7) is 10.2. The molecule has 0 aromatic heterocycles. The monoisotopic (exact) mass is 154 g/mol. The van der Waals surface area contributed by atoms with E-state index in [2.05, 4.69) is 31.2 Å². The Bertz CT molecular complexity index is 86.6. The molecule has 0 heterocycles. The molecule has 11 heavy (non-hydrogen) atoms. The lowest BCUT2D eigenvalue weighted by Gasteiger charge is -1.93. The highest BCUT2D eigenvalue weighted by molar-refractivity contribution is 5.16. The van der Waals surface area contributed by atoms with E-state index >= 15 is 0 Å². The van der Waals surface area contributed by atoms with Gasteiger partial charge in [-0.2, -0.15) is 0 Å². The van der Waals surface area contributed by atoms with Crippen LogP contribution in [-0.4, -0.2) is 0 Å². The predicted molar refractivity (Wildman–Crippen MR) is 54.8 cm³/mol. The van der Waals surface area contributed by atoms with Crippen molar-refractivity contribution in [2.24, 2.45) is 5.92 Å². The molecule has 0 aliphatic heterocycles. The van der Waals surface area contributed by atoms with E-state index in [1.165, 1.54) is 6.42 Å². The van der Waals surface area contributed by atoms with Gasteiger partial charge in [0.2, 0.25) is 0 Å². The van der Waals surface area contributed by atoms with Gasteiger partial charge in [0.1, 0.15) is 0 Å². The molecule has 0 nitrogen and oxygen atoms in total. The van der Waals surface area contributed by atoms with Crippen LogP contribution in [0.2, 0.25) is 0 Å². The van der Waals surface area contributed by atoms with Gasteiger partial charge in [0, 0.05) is 0 Å². The quantitative estimate of drug-likeness (QED) is 0.531. The Morgan fingerprint density at radius 1 is 0.909 bits per heavy atom. The summed E-state index contributed by atoms with van der Waals surface area (Å²) in [7, 11) is 0. The summed E-state index contributed by atoms with van der Waals surface area (Å²) < 4.78 is 0. The molecule has 1 rings (SSSR count). The van der Waals surface area contributed by atoms with E-state index in [9.17, 15) is 0 Å². The summed E-state index contributed by atoms with van der Waals surface area (Å²) in [5.74, 6) is 0.736. The smallest absolute Gasteiger partial charge is 0.00499 e. The van der Waals surface area contributed by atoms with Crippen LogP contribution in [-0.2, 0) is 0 Å². The molecule has 0 heteroatoms. The Kier molecular flexibility index (Phi) is 14.5. The van der Waals surface area contributed by atoms with E-state index in [1.54, 1.807) is 0 Å². The van der Waals surface area contributed by atoms with E-state index in [0.29, 0.717) is 0 Å². The normalized spacial score (nSPS) is 13.2. The highest BCUT2D eigenvalue weighted by atomic mass is 14.0. The Morgan fingerprint density at radius 2 is 1.27 bits per heavy atom. The maximum atomic E-state index is 2.22. The summed E-state index contributed by atoms with van der Waals surface area (Å²) in [6, 6.07) is 0. The van der Waals surface area contributed by atoms with Crippen LogP contribution < -0.4 is 0 Å². The second-order valence-electron chi connectivity index (χ2n) is 1.84. The summed E-state index contributed by atoms with van der Waals surface area (Å²) in [5, 5.41) is 0. The molecule has 1 aliphatic carbocycles. The topological polar surface area (TPSA) is 0 Å². The van der Waals surface area contributed by atoms with Gasteiger partial charge >= 0.3 is 0 Å². The summed E-state index contributed by atoms with van der Waals surface area (Å²) in [4.78, 5) is 0. The Labute approximate surface area is 72.0 Å². The Hall–Kier alpha value is -0.520. The van der Waals surface area contributed by atoms with Crippen LogP contribution in [0.1, 0.15) is 41.0 Å². The van der Waals surface area contributed by atoms with Gasteiger partial charge in [0.25, 0.3) is 0 Å². The average molecular weight is 154 g/mol. The van der Waals surface area contributed by atoms with Crippen molar-refractivity contribution < 1.29 is 0 Å². The third-order valence-electron chi connectivity index (χ3n) is 1.30. The lowest BCUT2D eigenvalue weighted by atomic mass is 10.1. The Morgan fingerprint density at radius 3 is 1.45 bits per heavy atom. The summed E-state index contributed by atoms with van der Waals surface area (Å²) in [6.07, 6.45) is 9.90. The van der Waals surface area contributed by atoms with Gasteiger partial charge in [-0.1, -0.05) is 58.9 Å². The van der Waals surface area contributed by atoms with Crippen LogP contribution in [0.5, 0.6) is 0 Å². The maximum Gasteiger partial charge on any atom is -0.00499 e. The zero-order valence-electron chi connectivity index (χ0n) is 8.59. The fourth-order valence-electron chi connectivity index (χ4n) is 0.750. The fourth-order valence-corrected chi connectivity index (χ4v) is 0.750. The van der Waals surface area contributed by atoms with Crippen LogP contribution in [0.3, 0.4) is 0 Å². The van der Waals surface area contributed by atoms with Gasteiger partial charge < -0.3 is 0 Å². The third kappa shape index (κ3) is 7.38. The fraction of sp³-hybridized carbons (Fsp3) is 0.636. The lowest BCUT2D eigenvalue weighted by Crippen LogP contribution is -1.81. The first-order valence-electron chi connectivity index (χ1n) is 4.78. The van der Waals surface area contributed by atoms with E-state index in [4.69, 9.17) is 0 Å². The molecule has 0 unspecified atom stereocenters. The molecule has 0 radical (unpaired) electrons. The molecule has 0 atom stereocenters. The highest BCUT2D eigenvalue weighted by Gasteiger charge is 1.96. The molecule has 0 bridgehead atoms. The maximum absolute atomic E-state index is 2.22. The predicted octanol–water partition coefficient (Wildman–Crippen LogP) is 4.19. The second-order valence-corrected chi connectivity index (χ2v) is 1.84. The second kappa shape index (κ2) is 12.2. The minimum Gasteiger partial charge on any atom is -0.0776 e. The standard InChI is InChI=1S/C7H10.2C2H6/c1-2-7-5-3-4-6-7;2*1-2/h3-7H,2H2,1H3;2*1-2H3. The molecular weight excluding hydrogens is 132 g/mol. The Balaban J connectivity index is 0. The molecule has 66 valence electrons. The minimum atomic E-state index is 0.736. The molecule has 0 saturated carbocycles. The van der Waals surface area contributed by atoms with E-state index in [0.717, 1.165) is 5.92 Å². The molecule has 0 aromatic carbocycles. The van der Waals surface area contributed by atoms with Crippen LogP contribution in [0.15, 0.2) is 24.3 Å². The van der Waals surface area contributed by atoms with E-state index in [1.807, 2.05) is 27.7 Å². The number of hydrogen-bond acceptors (Lipinski definition) is 0. The highest BCUT2D eigenvalue weighted by Crippen LogP contribution is 2.10. The molecule has 0 aromatic rings. The SMILES string of the molecule is CC.CC.CCC1C=CC=C1. The van der Waals surface area contributed by atoms with Gasteiger partial charge in [-0.25, -0.2) is 0 Å². The van der Waals surface area contributed by atoms with Crippen molar-refractivity contribution in [2.75, 3.05) is 0 Å². The van der Waals surface area contributed by atoms with Crippen molar-refractivity contribution in [3.8, 4) is 0 Å². The van der Waals surface area contributed by atoms with Crippen molar-refractivity contribution in [1.82, 2.24) is 0 Å². The molecule has 0 N–H and O–H groups in total. The largest absolute Gasteiger partial charge is 0.0776 e. The van der Waals surface area contributed by atoms with Crippen molar-refractivity contribution in [2.45, 2.75) is 41.0 Å². The molecule has 0 fully saturated rings. The molecule has 0 saturated heterocycles. The van der Waals surface area contributed by atoms with Crippen molar-refractivity contribution in [1.29, 1.82) is 0 Å². The molecular formula is C11H22. The lowest BCUT2D eigenvalue weighted by molar-refractivity contribution is 0.784. The van der Waals surface area contributed by atoms with Gasteiger partial charge in [0.15, 0.2) is 0 Å². The van der Waals surface area contributed by atoms with E-state index in [-0.39, 0.29) is 0 Å². The summed E-state index contributed by atoms with van der Waals surface area (Å²) >= 11 is 0. The van der Waals surface area contributed by atoms with Crippen LogP contribution in [0.25, 0.3) is 0 Å². The van der Waals surface area contributed by atoms with Crippen LogP contribution in [0, 0.1) is 5.92 Å².